The van der Waals surface area contributed by atoms with E-state index >= 15 is 0 Å². The Labute approximate surface area is 229 Å². The third-order valence-electron chi connectivity index (χ3n) is 5.52. The van der Waals surface area contributed by atoms with E-state index in [0.717, 1.165) is 17.5 Å². The lowest BCUT2D eigenvalue weighted by Crippen LogP contribution is -2.11. The minimum atomic E-state index is -0.824. The van der Waals surface area contributed by atoms with Gasteiger partial charge >= 0.3 is 0 Å². The lowest BCUT2D eigenvalue weighted by molar-refractivity contribution is 0.0997. The van der Waals surface area contributed by atoms with E-state index < -0.39 is 17.5 Å². The highest BCUT2D eigenvalue weighted by Gasteiger charge is 2.15. The molecule has 0 atom stereocenters. The molecule has 12 nitrogen and oxygen atoms in total. The highest BCUT2D eigenvalue weighted by atomic mass is 35.5. The molecule has 0 saturated heterocycles. The van der Waals surface area contributed by atoms with Crippen LogP contribution in [0.4, 0.5) is 22.0 Å². The zero-order chi connectivity index (χ0) is 27.5. The number of carbonyl (C=O) groups is 1. The second-order valence-corrected chi connectivity index (χ2v) is 9.53. The number of aryl methyl sites for hydroxylation is 1. The van der Waals surface area contributed by atoms with Gasteiger partial charge in [0.15, 0.2) is 5.76 Å². The zero-order valence-corrected chi connectivity index (χ0v) is 21.6. The SMILES string of the molecule is NC(=O)c1cc(SNc2ccc(CCCNc3nc(N)n4nc(-c5ccco5)nc4n3)cc2F)cc(Cl)c1O. The molecule has 0 aliphatic rings. The number of benzene rings is 2. The number of fused-ring (bicyclic) bond motifs is 1. The van der Waals surface area contributed by atoms with Crippen LogP contribution in [0.5, 0.6) is 5.75 Å². The van der Waals surface area contributed by atoms with Crippen molar-refractivity contribution in [2.45, 2.75) is 17.7 Å². The molecular formula is C24H21ClFN9O3S. The summed E-state index contributed by atoms with van der Waals surface area (Å²) in [5, 5.41) is 17.2. The first-order valence-corrected chi connectivity index (χ1v) is 12.7. The van der Waals surface area contributed by atoms with Crippen LogP contribution in [0.15, 0.2) is 58.0 Å². The number of furan rings is 1. The Bertz CT molecular complexity index is 1660. The van der Waals surface area contributed by atoms with Gasteiger partial charge in [-0.05, 0) is 66.8 Å². The maximum atomic E-state index is 14.7. The molecule has 39 heavy (non-hydrogen) atoms. The molecule has 200 valence electrons. The lowest BCUT2D eigenvalue weighted by Gasteiger charge is -2.11. The van der Waals surface area contributed by atoms with Crippen molar-refractivity contribution < 1.29 is 18.7 Å². The summed E-state index contributed by atoms with van der Waals surface area (Å²) in [6.07, 6.45) is 2.79. The molecule has 0 bridgehead atoms. The Hall–Kier alpha value is -4.56. The molecule has 2 aromatic carbocycles. The van der Waals surface area contributed by atoms with Crippen molar-refractivity contribution in [3.05, 3.63) is 70.7 Å². The van der Waals surface area contributed by atoms with Gasteiger partial charge in [-0.2, -0.15) is 19.5 Å². The summed E-state index contributed by atoms with van der Waals surface area (Å²) in [6, 6.07) is 11.1. The van der Waals surface area contributed by atoms with E-state index in [0.29, 0.717) is 41.8 Å². The number of amides is 1. The molecule has 0 spiro atoms. The Kier molecular flexibility index (Phi) is 7.38. The van der Waals surface area contributed by atoms with Gasteiger partial charge in [0, 0.05) is 11.4 Å². The van der Waals surface area contributed by atoms with Crippen molar-refractivity contribution in [3.63, 3.8) is 0 Å². The van der Waals surface area contributed by atoms with Crippen molar-refractivity contribution in [1.29, 1.82) is 0 Å². The van der Waals surface area contributed by atoms with Crippen LogP contribution in [0.1, 0.15) is 22.3 Å². The number of nitrogens with zero attached hydrogens (tertiary/aromatic N) is 5. The number of halogens is 2. The first-order valence-electron chi connectivity index (χ1n) is 11.5. The number of nitrogen functional groups attached to an aromatic ring is 1. The van der Waals surface area contributed by atoms with E-state index in [1.54, 1.807) is 24.3 Å². The normalized spacial score (nSPS) is 11.1. The van der Waals surface area contributed by atoms with Crippen LogP contribution >= 0.6 is 23.5 Å². The highest BCUT2D eigenvalue weighted by molar-refractivity contribution is 8.00. The number of hydrogen-bond acceptors (Lipinski definition) is 11. The molecule has 0 aliphatic carbocycles. The largest absolute Gasteiger partial charge is 0.506 e. The molecule has 7 N–H and O–H groups in total. The van der Waals surface area contributed by atoms with Gasteiger partial charge in [-0.3, -0.25) is 4.79 Å². The van der Waals surface area contributed by atoms with Gasteiger partial charge in [-0.15, -0.1) is 5.10 Å². The summed E-state index contributed by atoms with van der Waals surface area (Å²) in [6.45, 7) is 0.510. The first-order chi connectivity index (χ1) is 18.8. The summed E-state index contributed by atoms with van der Waals surface area (Å²) >= 11 is 6.97. The minimum Gasteiger partial charge on any atom is -0.506 e. The van der Waals surface area contributed by atoms with Crippen LogP contribution in [-0.2, 0) is 6.42 Å². The van der Waals surface area contributed by atoms with Gasteiger partial charge in [-0.1, -0.05) is 17.7 Å². The molecule has 3 aromatic heterocycles. The standard InChI is InChI=1S/C24H21ClFN9O3S/c25-15-11-13(10-14(19(15)36)20(27)37)39-34-17-6-5-12(9-16(17)26)3-1-7-29-23-31-22(28)35-24(32-23)30-21(33-35)18-4-2-8-38-18/h2,4-6,8-11,34,36H,1,3,7H2,(H2,27,37)(H3,28,29,30,31,32,33). The van der Waals surface area contributed by atoms with Crippen LogP contribution in [0, 0.1) is 5.82 Å². The number of aromatic hydroxyl groups is 1. The fourth-order valence-electron chi connectivity index (χ4n) is 3.62. The molecule has 0 radical (unpaired) electrons. The first kappa shape index (κ1) is 26.1. The Morgan fingerprint density at radius 1 is 1.21 bits per heavy atom. The molecule has 3 heterocycles. The highest BCUT2D eigenvalue weighted by Crippen LogP contribution is 2.33. The molecule has 1 amide bonds. The van der Waals surface area contributed by atoms with Crippen LogP contribution in [0.2, 0.25) is 5.02 Å². The van der Waals surface area contributed by atoms with Crippen LogP contribution < -0.4 is 21.5 Å². The number of hydrogen-bond donors (Lipinski definition) is 5. The maximum absolute atomic E-state index is 14.7. The summed E-state index contributed by atoms with van der Waals surface area (Å²) in [7, 11) is 0. The van der Waals surface area contributed by atoms with E-state index in [-0.39, 0.29) is 28.0 Å². The Morgan fingerprint density at radius 3 is 2.79 bits per heavy atom. The topological polar surface area (TPSA) is 183 Å². The van der Waals surface area contributed by atoms with Gasteiger partial charge in [-0.25, -0.2) is 4.39 Å². The number of phenols is 1. The molecule has 0 aliphatic heterocycles. The van der Waals surface area contributed by atoms with Crippen molar-refractivity contribution in [2.24, 2.45) is 5.73 Å². The quantitative estimate of drug-likeness (QED) is 0.120. The fraction of sp³-hybridized carbons (Fsp3) is 0.125. The Morgan fingerprint density at radius 2 is 2.05 bits per heavy atom. The van der Waals surface area contributed by atoms with Gasteiger partial charge in [0.05, 0.1) is 22.5 Å². The monoisotopic (exact) mass is 569 g/mol. The number of nitrogens with two attached hydrogens (primary N) is 2. The molecule has 0 fully saturated rings. The van der Waals surface area contributed by atoms with E-state index in [1.165, 1.54) is 29.0 Å². The van der Waals surface area contributed by atoms with Gasteiger partial charge < -0.3 is 31.0 Å². The summed E-state index contributed by atoms with van der Waals surface area (Å²) in [5.74, 6) is -0.135. The number of rotatable bonds is 10. The fourth-order valence-corrected chi connectivity index (χ4v) is 4.65. The summed E-state index contributed by atoms with van der Waals surface area (Å²) in [4.78, 5) is 24.8. The predicted octanol–water partition coefficient (Wildman–Crippen LogP) is 4.12. The van der Waals surface area contributed by atoms with Crippen LogP contribution in [0.3, 0.4) is 0 Å². The van der Waals surface area contributed by atoms with Crippen molar-refractivity contribution >= 4 is 52.8 Å². The summed E-state index contributed by atoms with van der Waals surface area (Å²) < 4.78 is 24.2. The molecule has 5 aromatic rings. The van der Waals surface area contributed by atoms with Crippen LogP contribution in [-0.4, -0.2) is 42.1 Å². The smallest absolute Gasteiger partial charge is 0.259 e. The van der Waals surface area contributed by atoms with E-state index in [9.17, 15) is 14.3 Å². The zero-order valence-electron chi connectivity index (χ0n) is 20.1. The van der Waals surface area contributed by atoms with Gasteiger partial charge in [0.2, 0.25) is 17.7 Å². The molecule has 15 heteroatoms. The third-order valence-corrected chi connectivity index (χ3v) is 6.60. The maximum Gasteiger partial charge on any atom is 0.259 e. The van der Waals surface area contributed by atoms with E-state index in [1.807, 2.05) is 0 Å². The minimum absolute atomic E-state index is 0.0342. The number of anilines is 3. The molecular weight excluding hydrogens is 549 g/mol. The number of nitrogens with one attached hydrogen (secondary N) is 2. The van der Waals surface area contributed by atoms with Crippen LogP contribution in [0.25, 0.3) is 17.4 Å². The third kappa shape index (κ3) is 5.81. The van der Waals surface area contributed by atoms with E-state index in [2.05, 4.69) is 30.1 Å². The van der Waals surface area contributed by atoms with Crippen molar-refractivity contribution in [1.82, 2.24) is 24.6 Å². The average Bonchev–Trinajstić information content (AvgIpc) is 3.58. The van der Waals surface area contributed by atoms with E-state index in [4.69, 9.17) is 27.5 Å². The number of aromatic nitrogens is 5. The van der Waals surface area contributed by atoms with Crippen molar-refractivity contribution in [2.75, 3.05) is 22.3 Å². The molecule has 5 rings (SSSR count). The van der Waals surface area contributed by atoms with Gasteiger partial charge in [0.25, 0.3) is 11.7 Å². The number of primary amides is 1. The predicted molar refractivity (Wildman–Crippen MR) is 145 cm³/mol. The Balaban J connectivity index is 1.15. The number of carbonyl (C=O) groups excluding carboxylic acids is 1. The van der Waals surface area contributed by atoms with Gasteiger partial charge in [0.1, 0.15) is 11.6 Å². The summed E-state index contributed by atoms with van der Waals surface area (Å²) in [5.41, 5.74) is 12.2. The average molecular weight is 570 g/mol. The second kappa shape index (κ2) is 11.0. The molecule has 0 unspecified atom stereocenters. The van der Waals surface area contributed by atoms with Crippen molar-refractivity contribution in [3.8, 4) is 17.3 Å². The second-order valence-electron chi connectivity index (χ2n) is 8.24. The molecule has 0 saturated carbocycles. The lowest BCUT2D eigenvalue weighted by atomic mass is 10.1.